The second-order valence-electron chi connectivity index (χ2n) is 4.41. The van der Waals surface area contributed by atoms with Crippen LogP contribution in [0.3, 0.4) is 0 Å². The molecule has 0 aliphatic heterocycles. The Morgan fingerprint density at radius 1 is 1.05 bits per heavy atom. The van der Waals surface area contributed by atoms with Gasteiger partial charge in [-0.15, -0.1) is 0 Å². The summed E-state index contributed by atoms with van der Waals surface area (Å²) in [5, 5.41) is 3.20. The van der Waals surface area contributed by atoms with Crippen LogP contribution < -0.4 is 11.1 Å². The van der Waals surface area contributed by atoms with E-state index in [-0.39, 0.29) is 0 Å². The summed E-state index contributed by atoms with van der Waals surface area (Å²) >= 11 is 0. The second-order valence-corrected chi connectivity index (χ2v) is 4.41. The average molecular weight is 262 g/mol. The molecule has 3 N–H and O–H groups in total. The Hall–Kier alpha value is -1.94. The predicted molar refractivity (Wildman–Crippen MR) is 72.6 cm³/mol. The highest BCUT2D eigenvalue weighted by molar-refractivity contribution is 5.40. The van der Waals surface area contributed by atoms with E-state index in [0.29, 0.717) is 25.1 Å². The van der Waals surface area contributed by atoms with Gasteiger partial charge in [-0.3, -0.25) is 0 Å². The standard InChI is InChI=1S/C15H16F2N2/c16-13-5-4-12(15(17)9-13)6-7-19-10-11-2-1-3-14(18)8-11/h1-5,8-9,19H,6-7,10,18H2. The lowest BCUT2D eigenvalue weighted by Gasteiger charge is -2.06. The topological polar surface area (TPSA) is 38.0 Å². The first-order chi connectivity index (χ1) is 9.15. The molecule has 0 heterocycles. The lowest BCUT2D eigenvalue weighted by atomic mass is 10.1. The van der Waals surface area contributed by atoms with Gasteiger partial charge in [0.25, 0.3) is 0 Å². The Bertz CT molecular complexity index is 556. The van der Waals surface area contributed by atoms with Gasteiger partial charge in [0.1, 0.15) is 11.6 Å². The minimum atomic E-state index is -0.547. The Morgan fingerprint density at radius 3 is 2.63 bits per heavy atom. The van der Waals surface area contributed by atoms with Crippen LogP contribution in [0.25, 0.3) is 0 Å². The number of anilines is 1. The zero-order valence-electron chi connectivity index (χ0n) is 10.5. The number of halogens is 2. The SMILES string of the molecule is Nc1cccc(CNCCc2ccc(F)cc2F)c1. The molecule has 2 aromatic rings. The Labute approximate surface area is 111 Å². The van der Waals surface area contributed by atoms with Gasteiger partial charge in [0.2, 0.25) is 0 Å². The van der Waals surface area contributed by atoms with Crippen molar-refractivity contribution in [3.63, 3.8) is 0 Å². The molecule has 0 aliphatic rings. The molecule has 0 bridgehead atoms. The van der Waals surface area contributed by atoms with Crippen molar-refractivity contribution < 1.29 is 8.78 Å². The Kier molecular flexibility index (Phi) is 4.47. The van der Waals surface area contributed by atoms with Gasteiger partial charge >= 0.3 is 0 Å². The Morgan fingerprint density at radius 2 is 1.89 bits per heavy atom. The summed E-state index contributed by atoms with van der Waals surface area (Å²) in [6.07, 6.45) is 0.522. The van der Waals surface area contributed by atoms with Gasteiger partial charge in [-0.2, -0.15) is 0 Å². The summed E-state index contributed by atoms with van der Waals surface area (Å²) in [6, 6.07) is 11.3. The quantitative estimate of drug-likeness (QED) is 0.642. The monoisotopic (exact) mass is 262 g/mol. The van der Waals surface area contributed by atoms with E-state index in [0.717, 1.165) is 17.3 Å². The third-order valence-electron chi connectivity index (χ3n) is 2.87. The van der Waals surface area contributed by atoms with Crippen LogP contribution >= 0.6 is 0 Å². The molecule has 0 amide bonds. The number of nitrogen functional groups attached to an aromatic ring is 1. The molecule has 2 aromatic carbocycles. The van der Waals surface area contributed by atoms with Crippen molar-refractivity contribution in [2.75, 3.05) is 12.3 Å². The highest BCUT2D eigenvalue weighted by Crippen LogP contribution is 2.10. The van der Waals surface area contributed by atoms with Crippen LogP contribution in [-0.4, -0.2) is 6.54 Å². The van der Waals surface area contributed by atoms with Crippen LogP contribution in [0.5, 0.6) is 0 Å². The zero-order valence-corrected chi connectivity index (χ0v) is 10.5. The van der Waals surface area contributed by atoms with Crippen LogP contribution in [0.15, 0.2) is 42.5 Å². The van der Waals surface area contributed by atoms with Gasteiger partial charge in [-0.05, 0) is 42.3 Å². The number of hydrogen-bond acceptors (Lipinski definition) is 2. The number of benzene rings is 2. The lowest BCUT2D eigenvalue weighted by molar-refractivity contribution is 0.566. The van der Waals surface area contributed by atoms with Crippen LogP contribution in [0.2, 0.25) is 0 Å². The van der Waals surface area contributed by atoms with Crippen LogP contribution in [0, 0.1) is 11.6 Å². The van der Waals surface area contributed by atoms with Gasteiger partial charge in [0, 0.05) is 18.3 Å². The Balaban J connectivity index is 1.81. The van der Waals surface area contributed by atoms with Crippen LogP contribution in [0.1, 0.15) is 11.1 Å². The molecule has 0 spiro atoms. The molecular formula is C15H16F2N2. The molecule has 100 valence electrons. The lowest BCUT2D eigenvalue weighted by Crippen LogP contribution is -2.17. The maximum absolute atomic E-state index is 13.4. The molecule has 0 saturated heterocycles. The molecule has 0 radical (unpaired) electrons. The van der Waals surface area contributed by atoms with Crippen molar-refractivity contribution in [3.05, 3.63) is 65.2 Å². The number of rotatable bonds is 5. The van der Waals surface area contributed by atoms with E-state index in [9.17, 15) is 8.78 Å². The molecule has 2 nitrogen and oxygen atoms in total. The minimum Gasteiger partial charge on any atom is -0.399 e. The van der Waals surface area contributed by atoms with Crippen LogP contribution in [-0.2, 0) is 13.0 Å². The molecule has 0 saturated carbocycles. The van der Waals surface area contributed by atoms with Crippen molar-refractivity contribution in [1.82, 2.24) is 5.32 Å². The first-order valence-electron chi connectivity index (χ1n) is 6.14. The predicted octanol–water partition coefficient (Wildman–Crippen LogP) is 2.88. The summed E-state index contributed by atoms with van der Waals surface area (Å²) in [6.45, 7) is 1.30. The normalized spacial score (nSPS) is 10.6. The van der Waals surface area contributed by atoms with Crippen molar-refractivity contribution in [1.29, 1.82) is 0 Å². The van der Waals surface area contributed by atoms with E-state index < -0.39 is 11.6 Å². The zero-order chi connectivity index (χ0) is 13.7. The first kappa shape index (κ1) is 13.5. The van der Waals surface area contributed by atoms with Crippen molar-refractivity contribution in [2.45, 2.75) is 13.0 Å². The number of nitrogens with one attached hydrogen (secondary N) is 1. The molecule has 0 aliphatic carbocycles. The fraction of sp³-hybridized carbons (Fsp3) is 0.200. The summed E-state index contributed by atoms with van der Waals surface area (Å²) in [7, 11) is 0. The van der Waals surface area contributed by atoms with E-state index in [1.807, 2.05) is 24.3 Å². The van der Waals surface area contributed by atoms with Gasteiger partial charge < -0.3 is 11.1 Å². The van der Waals surface area contributed by atoms with E-state index >= 15 is 0 Å². The van der Waals surface area contributed by atoms with Crippen molar-refractivity contribution in [3.8, 4) is 0 Å². The second kappa shape index (κ2) is 6.29. The third kappa shape index (κ3) is 4.03. The highest BCUT2D eigenvalue weighted by atomic mass is 19.1. The van der Waals surface area contributed by atoms with Gasteiger partial charge in [0.05, 0.1) is 0 Å². The number of nitrogens with two attached hydrogens (primary N) is 1. The highest BCUT2D eigenvalue weighted by Gasteiger charge is 2.03. The van der Waals surface area contributed by atoms with E-state index in [1.165, 1.54) is 12.1 Å². The molecule has 0 fully saturated rings. The maximum atomic E-state index is 13.4. The van der Waals surface area contributed by atoms with Gasteiger partial charge in [-0.25, -0.2) is 8.78 Å². The summed E-state index contributed by atoms with van der Waals surface area (Å²) in [4.78, 5) is 0. The largest absolute Gasteiger partial charge is 0.399 e. The first-order valence-corrected chi connectivity index (χ1v) is 6.14. The van der Waals surface area contributed by atoms with Gasteiger partial charge in [-0.1, -0.05) is 18.2 Å². The molecule has 4 heteroatoms. The fourth-order valence-electron chi connectivity index (χ4n) is 1.88. The van der Waals surface area contributed by atoms with E-state index in [1.54, 1.807) is 0 Å². The number of hydrogen-bond donors (Lipinski definition) is 2. The maximum Gasteiger partial charge on any atom is 0.129 e. The van der Waals surface area contributed by atoms with E-state index in [2.05, 4.69) is 5.32 Å². The minimum absolute atomic E-state index is 0.495. The molecule has 0 atom stereocenters. The van der Waals surface area contributed by atoms with Gasteiger partial charge in [0.15, 0.2) is 0 Å². The molecule has 0 aromatic heterocycles. The molecule has 2 rings (SSSR count). The fourth-order valence-corrected chi connectivity index (χ4v) is 1.88. The molecule has 0 unspecified atom stereocenters. The molecule has 19 heavy (non-hydrogen) atoms. The molecular weight excluding hydrogens is 246 g/mol. The van der Waals surface area contributed by atoms with E-state index in [4.69, 9.17) is 5.73 Å². The summed E-state index contributed by atoms with van der Waals surface area (Å²) < 4.78 is 26.1. The van der Waals surface area contributed by atoms with Crippen molar-refractivity contribution >= 4 is 5.69 Å². The van der Waals surface area contributed by atoms with Crippen LogP contribution in [0.4, 0.5) is 14.5 Å². The summed E-state index contributed by atoms with van der Waals surface area (Å²) in [5.41, 5.74) is 8.00. The smallest absolute Gasteiger partial charge is 0.129 e. The third-order valence-corrected chi connectivity index (χ3v) is 2.87. The summed E-state index contributed by atoms with van der Waals surface area (Å²) in [5.74, 6) is -1.04. The van der Waals surface area contributed by atoms with Crippen molar-refractivity contribution in [2.24, 2.45) is 0 Å². The average Bonchev–Trinajstić information content (AvgIpc) is 2.37.